The Morgan fingerprint density at radius 2 is 2.56 bits per heavy atom. The maximum absolute atomic E-state index is 10.3. The minimum Gasteiger partial charge on any atom is -0.351 e. The molecule has 0 aliphatic heterocycles. The van der Waals surface area contributed by atoms with E-state index in [9.17, 15) is 4.79 Å². The van der Waals surface area contributed by atoms with Crippen molar-refractivity contribution in [2.45, 2.75) is 6.92 Å². The van der Waals surface area contributed by atoms with Gasteiger partial charge in [-0.25, -0.2) is 0 Å². The molecule has 0 bridgehead atoms. The lowest BCUT2D eigenvalue weighted by Gasteiger charge is -1.74. The third-order valence-electron chi connectivity index (χ3n) is 0.822. The molecule has 3 nitrogen and oxygen atoms in total. The Labute approximate surface area is 56.6 Å². The third kappa shape index (κ3) is 1.29. The van der Waals surface area contributed by atoms with Crippen molar-refractivity contribution in [3.63, 3.8) is 0 Å². The molecule has 0 unspecified atom stereocenters. The van der Waals surface area contributed by atoms with E-state index in [4.69, 9.17) is 11.6 Å². The van der Waals surface area contributed by atoms with Crippen molar-refractivity contribution in [1.82, 2.24) is 5.16 Å². The van der Waals surface area contributed by atoms with Gasteiger partial charge in [0.15, 0.2) is 0 Å². The van der Waals surface area contributed by atoms with Crippen LogP contribution < -0.4 is 0 Å². The first kappa shape index (κ1) is 6.29. The van der Waals surface area contributed by atoms with E-state index in [1.54, 1.807) is 6.92 Å². The highest BCUT2D eigenvalue weighted by atomic mass is 35.5. The SMILES string of the molecule is Cc1cc(C(=O)Cl)on1. The second-order valence-electron chi connectivity index (χ2n) is 1.61. The van der Waals surface area contributed by atoms with E-state index in [0.29, 0.717) is 5.69 Å². The molecule has 0 aliphatic carbocycles. The average Bonchev–Trinajstić information content (AvgIpc) is 2.14. The fourth-order valence-corrected chi connectivity index (χ4v) is 0.545. The summed E-state index contributed by atoms with van der Waals surface area (Å²) in [4.78, 5) is 10.3. The maximum atomic E-state index is 10.3. The molecule has 0 aromatic carbocycles. The Kier molecular flexibility index (Phi) is 1.53. The molecule has 4 heteroatoms. The summed E-state index contributed by atoms with van der Waals surface area (Å²) in [5, 5.41) is 2.84. The first-order valence-corrected chi connectivity index (χ1v) is 2.71. The predicted molar refractivity (Wildman–Crippen MR) is 31.4 cm³/mol. The van der Waals surface area contributed by atoms with Gasteiger partial charge in [-0.05, 0) is 18.5 Å². The van der Waals surface area contributed by atoms with E-state index in [0.717, 1.165) is 0 Å². The van der Waals surface area contributed by atoms with Crippen LogP contribution in [0.25, 0.3) is 0 Å². The average molecular weight is 146 g/mol. The highest BCUT2D eigenvalue weighted by Crippen LogP contribution is 2.04. The lowest BCUT2D eigenvalue weighted by molar-refractivity contribution is 0.104. The van der Waals surface area contributed by atoms with Crippen molar-refractivity contribution in [3.05, 3.63) is 17.5 Å². The number of nitrogens with zero attached hydrogens (tertiary/aromatic N) is 1. The van der Waals surface area contributed by atoms with Crippen LogP contribution in [0.1, 0.15) is 16.2 Å². The van der Waals surface area contributed by atoms with Crippen LogP contribution in [0.15, 0.2) is 10.6 Å². The van der Waals surface area contributed by atoms with Crippen LogP contribution in [-0.2, 0) is 0 Å². The van der Waals surface area contributed by atoms with Gasteiger partial charge in [0.1, 0.15) is 0 Å². The Bertz CT molecular complexity index is 231. The smallest absolute Gasteiger partial charge is 0.290 e. The summed E-state index contributed by atoms with van der Waals surface area (Å²) < 4.78 is 4.49. The third-order valence-corrected chi connectivity index (χ3v) is 1.01. The fourth-order valence-electron chi connectivity index (χ4n) is 0.456. The number of carbonyl (C=O) groups excluding carboxylic acids is 1. The molecule has 0 saturated heterocycles. The highest BCUT2D eigenvalue weighted by molar-refractivity contribution is 6.67. The molecular weight excluding hydrogens is 142 g/mol. The summed E-state index contributed by atoms with van der Waals surface area (Å²) in [6.45, 7) is 1.72. The van der Waals surface area contributed by atoms with Crippen molar-refractivity contribution in [2.24, 2.45) is 0 Å². The van der Waals surface area contributed by atoms with Crippen LogP contribution in [0.4, 0.5) is 0 Å². The summed E-state index contributed by atoms with van der Waals surface area (Å²) in [6.07, 6.45) is 0. The van der Waals surface area contributed by atoms with Gasteiger partial charge in [0, 0.05) is 6.07 Å². The molecule has 0 spiro atoms. The van der Waals surface area contributed by atoms with Crippen molar-refractivity contribution in [2.75, 3.05) is 0 Å². The molecule has 1 heterocycles. The van der Waals surface area contributed by atoms with Crippen molar-refractivity contribution in [3.8, 4) is 0 Å². The standard InChI is InChI=1S/C5H4ClNO2/c1-3-2-4(5(6)8)9-7-3/h2H,1H3. The van der Waals surface area contributed by atoms with Gasteiger partial charge in [0.25, 0.3) is 5.24 Å². The Morgan fingerprint density at radius 1 is 1.89 bits per heavy atom. The van der Waals surface area contributed by atoms with Gasteiger partial charge in [-0.1, -0.05) is 5.16 Å². The molecule has 0 saturated carbocycles. The zero-order valence-corrected chi connectivity index (χ0v) is 5.47. The van der Waals surface area contributed by atoms with Crippen molar-refractivity contribution in [1.29, 1.82) is 0 Å². The number of hydrogen-bond donors (Lipinski definition) is 0. The lowest BCUT2D eigenvalue weighted by atomic mass is 10.4. The van der Waals surface area contributed by atoms with Crippen LogP contribution in [0.5, 0.6) is 0 Å². The Hall–Kier alpha value is -0.830. The number of hydrogen-bond acceptors (Lipinski definition) is 3. The summed E-state index contributed by atoms with van der Waals surface area (Å²) in [5.74, 6) is 0.0918. The quantitative estimate of drug-likeness (QED) is 0.561. The van der Waals surface area contributed by atoms with E-state index in [2.05, 4.69) is 9.68 Å². The second-order valence-corrected chi connectivity index (χ2v) is 1.95. The maximum Gasteiger partial charge on any atom is 0.290 e. The van der Waals surface area contributed by atoms with Gasteiger partial charge < -0.3 is 4.52 Å². The Morgan fingerprint density at radius 3 is 2.78 bits per heavy atom. The van der Waals surface area contributed by atoms with Gasteiger partial charge in [0.2, 0.25) is 5.76 Å². The molecule has 9 heavy (non-hydrogen) atoms. The molecule has 0 fully saturated rings. The van der Waals surface area contributed by atoms with Crippen LogP contribution in [-0.4, -0.2) is 10.4 Å². The number of rotatable bonds is 1. The van der Waals surface area contributed by atoms with E-state index < -0.39 is 5.24 Å². The van der Waals surface area contributed by atoms with Crippen molar-refractivity contribution >= 4 is 16.8 Å². The zero-order valence-electron chi connectivity index (χ0n) is 4.72. The minimum atomic E-state index is -0.615. The van der Waals surface area contributed by atoms with Crippen LogP contribution in [0.3, 0.4) is 0 Å². The summed E-state index contributed by atoms with van der Waals surface area (Å²) in [6, 6.07) is 1.48. The normalized spacial score (nSPS) is 9.56. The minimum absolute atomic E-state index is 0.0918. The highest BCUT2D eigenvalue weighted by Gasteiger charge is 2.06. The summed E-state index contributed by atoms with van der Waals surface area (Å²) in [7, 11) is 0. The fraction of sp³-hybridized carbons (Fsp3) is 0.200. The van der Waals surface area contributed by atoms with Gasteiger partial charge >= 0.3 is 0 Å². The topological polar surface area (TPSA) is 43.1 Å². The van der Waals surface area contributed by atoms with Gasteiger partial charge in [-0.15, -0.1) is 0 Å². The van der Waals surface area contributed by atoms with Crippen molar-refractivity contribution < 1.29 is 9.32 Å². The first-order chi connectivity index (χ1) is 4.20. The summed E-state index contributed by atoms with van der Waals surface area (Å²) >= 11 is 5.04. The van der Waals surface area contributed by atoms with E-state index >= 15 is 0 Å². The number of carbonyl (C=O) groups is 1. The largest absolute Gasteiger partial charge is 0.351 e. The molecule has 1 rings (SSSR count). The molecule has 0 radical (unpaired) electrons. The molecule has 1 aromatic rings. The molecule has 1 aromatic heterocycles. The van der Waals surface area contributed by atoms with Crippen LogP contribution in [0, 0.1) is 6.92 Å². The number of halogens is 1. The van der Waals surface area contributed by atoms with Gasteiger partial charge in [-0.2, -0.15) is 0 Å². The Balaban J connectivity index is 2.98. The lowest BCUT2D eigenvalue weighted by Crippen LogP contribution is -1.81. The molecule has 0 atom stereocenters. The van der Waals surface area contributed by atoms with Gasteiger partial charge in [-0.3, -0.25) is 4.79 Å². The van der Waals surface area contributed by atoms with Crippen LogP contribution >= 0.6 is 11.6 Å². The van der Waals surface area contributed by atoms with Gasteiger partial charge in [0.05, 0.1) is 5.69 Å². The number of aromatic nitrogens is 1. The zero-order chi connectivity index (χ0) is 6.85. The molecule has 0 N–H and O–H groups in total. The predicted octanol–water partition coefficient (Wildman–Crippen LogP) is 1.36. The molecule has 48 valence electrons. The van der Waals surface area contributed by atoms with E-state index in [1.165, 1.54) is 6.07 Å². The monoisotopic (exact) mass is 145 g/mol. The molecule has 0 amide bonds. The second kappa shape index (κ2) is 2.19. The van der Waals surface area contributed by atoms with E-state index in [1.807, 2.05) is 0 Å². The summed E-state index contributed by atoms with van der Waals surface area (Å²) in [5.41, 5.74) is 0.652. The molecule has 0 aliphatic rings. The van der Waals surface area contributed by atoms with E-state index in [-0.39, 0.29) is 5.76 Å². The van der Waals surface area contributed by atoms with Crippen LogP contribution in [0.2, 0.25) is 0 Å². The first-order valence-electron chi connectivity index (χ1n) is 2.33. The molecular formula is C5H4ClNO2. The number of aryl methyl sites for hydroxylation is 1.